The van der Waals surface area contributed by atoms with Gasteiger partial charge in [-0.15, -0.1) is 0 Å². The van der Waals surface area contributed by atoms with E-state index in [0.29, 0.717) is 6.54 Å². The smallest absolute Gasteiger partial charge is 0.0845 e. The molecule has 1 aliphatic rings. The molecular formula is C14H16BrN3. The Kier molecular flexibility index (Phi) is 2.79. The number of rotatable bonds is 3. The van der Waals surface area contributed by atoms with Crippen molar-refractivity contribution in [3.63, 3.8) is 0 Å². The van der Waals surface area contributed by atoms with E-state index in [1.165, 1.54) is 5.56 Å². The first-order valence-electron chi connectivity index (χ1n) is 6.17. The highest BCUT2D eigenvalue weighted by Crippen LogP contribution is 2.48. The highest BCUT2D eigenvalue weighted by atomic mass is 79.9. The molecule has 0 saturated heterocycles. The van der Waals surface area contributed by atoms with Gasteiger partial charge in [0.15, 0.2) is 0 Å². The van der Waals surface area contributed by atoms with E-state index in [2.05, 4.69) is 47.1 Å². The average molecular weight is 306 g/mol. The Bertz CT molecular complexity index is 567. The summed E-state index contributed by atoms with van der Waals surface area (Å²) in [5.74, 6) is 0. The number of hydrogen-bond donors (Lipinski definition) is 1. The minimum Gasteiger partial charge on any atom is -0.330 e. The second-order valence-corrected chi connectivity index (χ2v) is 5.94. The Morgan fingerprint density at radius 2 is 2.00 bits per heavy atom. The fraction of sp³-hybridized carbons (Fsp3) is 0.357. The van der Waals surface area contributed by atoms with Gasteiger partial charge in [-0.25, -0.2) is 4.68 Å². The van der Waals surface area contributed by atoms with Crippen LogP contribution in [0.4, 0.5) is 0 Å². The third-order valence-corrected chi connectivity index (χ3v) is 4.30. The molecule has 2 aromatic rings. The molecule has 0 amide bonds. The van der Waals surface area contributed by atoms with E-state index >= 15 is 0 Å². The van der Waals surface area contributed by atoms with E-state index in [1.54, 1.807) is 0 Å². The molecule has 1 saturated carbocycles. The van der Waals surface area contributed by atoms with Crippen molar-refractivity contribution in [1.29, 1.82) is 0 Å². The van der Waals surface area contributed by atoms with Gasteiger partial charge in [0.2, 0.25) is 0 Å². The molecule has 1 aromatic heterocycles. The van der Waals surface area contributed by atoms with Gasteiger partial charge in [-0.05, 0) is 47.8 Å². The lowest BCUT2D eigenvalue weighted by atomic mass is 10.0. The summed E-state index contributed by atoms with van der Waals surface area (Å²) in [7, 11) is 0. The Labute approximate surface area is 115 Å². The maximum absolute atomic E-state index is 5.87. The fourth-order valence-corrected chi connectivity index (χ4v) is 2.92. The van der Waals surface area contributed by atoms with Crippen LogP contribution in [0.25, 0.3) is 5.69 Å². The SMILES string of the molecule is Cc1ccc(-n2cc(Br)c(C3(CN)CC3)n2)cc1. The van der Waals surface area contributed by atoms with Crippen molar-refractivity contribution in [1.82, 2.24) is 9.78 Å². The Morgan fingerprint density at radius 3 is 2.56 bits per heavy atom. The van der Waals surface area contributed by atoms with E-state index < -0.39 is 0 Å². The molecule has 2 N–H and O–H groups in total. The highest BCUT2D eigenvalue weighted by Gasteiger charge is 2.46. The maximum Gasteiger partial charge on any atom is 0.0845 e. The van der Waals surface area contributed by atoms with Crippen molar-refractivity contribution in [3.8, 4) is 5.69 Å². The van der Waals surface area contributed by atoms with Crippen molar-refractivity contribution in [2.24, 2.45) is 5.73 Å². The Hall–Kier alpha value is -1.13. The summed E-state index contributed by atoms with van der Waals surface area (Å²) in [6.07, 6.45) is 4.32. The van der Waals surface area contributed by atoms with Crippen LogP contribution in [0.3, 0.4) is 0 Å². The normalized spacial score (nSPS) is 16.8. The molecule has 1 fully saturated rings. The zero-order chi connectivity index (χ0) is 12.8. The summed E-state index contributed by atoms with van der Waals surface area (Å²) >= 11 is 3.61. The van der Waals surface area contributed by atoms with Gasteiger partial charge in [-0.1, -0.05) is 17.7 Å². The zero-order valence-electron chi connectivity index (χ0n) is 10.4. The molecule has 0 atom stereocenters. The maximum atomic E-state index is 5.87. The first kappa shape index (κ1) is 11.9. The van der Waals surface area contributed by atoms with Gasteiger partial charge in [0, 0.05) is 18.2 Å². The number of nitrogens with two attached hydrogens (primary N) is 1. The van der Waals surface area contributed by atoms with E-state index in [9.17, 15) is 0 Å². The van der Waals surface area contributed by atoms with Gasteiger partial charge in [0.05, 0.1) is 15.9 Å². The van der Waals surface area contributed by atoms with E-state index in [0.717, 1.165) is 28.7 Å². The van der Waals surface area contributed by atoms with Gasteiger partial charge in [0.25, 0.3) is 0 Å². The van der Waals surface area contributed by atoms with Crippen molar-refractivity contribution >= 4 is 15.9 Å². The molecule has 1 aliphatic carbocycles. The molecule has 18 heavy (non-hydrogen) atoms. The van der Waals surface area contributed by atoms with Crippen LogP contribution < -0.4 is 5.73 Å². The molecule has 3 rings (SSSR count). The van der Waals surface area contributed by atoms with Gasteiger partial charge in [-0.2, -0.15) is 5.10 Å². The monoisotopic (exact) mass is 305 g/mol. The zero-order valence-corrected chi connectivity index (χ0v) is 11.9. The molecule has 0 aliphatic heterocycles. The fourth-order valence-electron chi connectivity index (χ4n) is 2.23. The second-order valence-electron chi connectivity index (χ2n) is 5.09. The predicted molar refractivity (Wildman–Crippen MR) is 76.0 cm³/mol. The van der Waals surface area contributed by atoms with Crippen LogP contribution in [-0.4, -0.2) is 16.3 Å². The lowest BCUT2D eigenvalue weighted by Gasteiger charge is -2.09. The quantitative estimate of drug-likeness (QED) is 0.947. The topological polar surface area (TPSA) is 43.8 Å². The van der Waals surface area contributed by atoms with Crippen LogP contribution in [0.1, 0.15) is 24.1 Å². The molecule has 4 heteroatoms. The third kappa shape index (κ3) is 1.89. The molecule has 3 nitrogen and oxygen atoms in total. The number of nitrogens with zero attached hydrogens (tertiary/aromatic N) is 2. The van der Waals surface area contributed by atoms with Crippen LogP contribution in [0.15, 0.2) is 34.9 Å². The minimum absolute atomic E-state index is 0.120. The molecule has 94 valence electrons. The summed E-state index contributed by atoms with van der Waals surface area (Å²) < 4.78 is 2.99. The molecular weight excluding hydrogens is 290 g/mol. The van der Waals surface area contributed by atoms with Crippen LogP contribution in [0.2, 0.25) is 0 Å². The van der Waals surface area contributed by atoms with Gasteiger partial charge < -0.3 is 5.73 Å². The molecule has 0 radical (unpaired) electrons. The summed E-state index contributed by atoms with van der Waals surface area (Å²) in [4.78, 5) is 0. The molecule has 0 spiro atoms. The first-order chi connectivity index (χ1) is 8.64. The van der Waals surface area contributed by atoms with E-state index in [4.69, 9.17) is 10.8 Å². The third-order valence-electron chi connectivity index (χ3n) is 3.71. The summed E-state index contributed by atoms with van der Waals surface area (Å²) in [6, 6.07) is 8.36. The van der Waals surface area contributed by atoms with Gasteiger partial charge in [-0.3, -0.25) is 0 Å². The largest absolute Gasteiger partial charge is 0.330 e. The van der Waals surface area contributed by atoms with Crippen molar-refractivity contribution in [2.75, 3.05) is 6.54 Å². The van der Waals surface area contributed by atoms with Crippen LogP contribution >= 0.6 is 15.9 Å². The summed E-state index contributed by atoms with van der Waals surface area (Å²) in [6.45, 7) is 2.76. The van der Waals surface area contributed by atoms with E-state index in [1.807, 2.05) is 10.9 Å². The number of hydrogen-bond acceptors (Lipinski definition) is 2. The minimum atomic E-state index is 0.120. The van der Waals surface area contributed by atoms with Crippen molar-refractivity contribution in [2.45, 2.75) is 25.2 Å². The number of aryl methyl sites for hydroxylation is 1. The Balaban J connectivity index is 2.00. The van der Waals surface area contributed by atoms with Gasteiger partial charge >= 0.3 is 0 Å². The first-order valence-corrected chi connectivity index (χ1v) is 6.97. The summed E-state index contributed by atoms with van der Waals surface area (Å²) in [5, 5.41) is 4.70. The summed E-state index contributed by atoms with van der Waals surface area (Å²) in [5.41, 5.74) is 9.43. The average Bonchev–Trinajstić information content (AvgIpc) is 3.08. The lowest BCUT2D eigenvalue weighted by Crippen LogP contribution is -2.21. The van der Waals surface area contributed by atoms with Gasteiger partial charge in [0.1, 0.15) is 0 Å². The predicted octanol–water partition coefficient (Wildman–Crippen LogP) is 2.93. The lowest BCUT2D eigenvalue weighted by molar-refractivity contribution is 0.659. The number of aromatic nitrogens is 2. The molecule has 0 bridgehead atoms. The van der Waals surface area contributed by atoms with Crippen LogP contribution in [0.5, 0.6) is 0 Å². The molecule has 1 aromatic carbocycles. The van der Waals surface area contributed by atoms with Crippen LogP contribution in [0, 0.1) is 6.92 Å². The standard InChI is InChI=1S/C14H16BrN3/c1-10-2-4-11(5-3-10)18-8-12(15)13(17-18)14(9-16)6-7-14/h2-5,8H,6-7,9,16H2,1H3. The van der Waals surface area contributed by atoms with Crippen molar-refractivity contribution in [3.05, 3.63) is 46.2 Å². The van der Waals surface area contributed by atoms with Crippen molar-refractivity contribution < 1.29 is 0 Å². The van der Waals surface area contributed by atoms with E-state index in [-0.39, 0.29) is 5.41 Å². The number of benzene rings is 1. The Morgan fingerprint density at radius 1 is 1.33 bits per heavy atom. The highest BCUT2D eigenvalue weighted by molar-refractivity contribution is 9.10. The van der Waals surface area contributed by atoms with Crippen LogP contribution in [-0.2, 0) is 5.41 Å². The molecule has 1 heterocycles. The number of halogens is 1. The second kappa shape index (κ2) is 4.21. The molecule has 0 unspecified atom stereocenters.